The van der Waals surface area contributed by atoms with Crippen LogP contribution in [0.25, 0.3) is 0 Å². The summed E-state index contributed by atoms with van der Waals surface area (Å²) in [5, 5.41) is 9.80. The van der Waals surface area contributed by atoms with Crippen LogP contribution in [-0.4, -0.2) is 24.4 Å². The van der Waals surface area contributed by atoms with Crippen LogP contribution in [0.5, 0.6) is 11.5 Å². The summed E-state index contributed by atoms with van der Waals surface area (Å²) in [5.74, 6) is 1.41. The van der Waals surface area contributed by atoms with E-state index in [1.54, 1.807) is 24.3 Å². The monoisotopic (exact) mass is 385 g/mol. The van der Waals surface area contributed by atoms with Crippen LogP contribution in [0.15, 0.2) is 48.5 Å². The summed E-state index contributed by atoms with van der Waals surface area (Å²) in [6, 6.07) is 14.7. The Balaban J connectivity index is 1.73. The Kier molecular flexibility index (Phi) is 5.49. The van der Waals surface area contributed by atoms with E-state index in [2.05, 4.69) is 22.6 Å². The van der Waals surface area contributed by atoms with Crippen molar-refractivity contribution < 1.29 is 14.6 Å². The van der Waals surface area contributed by atoms with E-state index in [1.165, 1.54) is 0 Å². The first-order valence-corrected chi connectivity index (χ1v) is 7.26. The Hall–Kier alpha value is -1.47. The molecule has 0 spiro atoms. The van der Waals surface area contributed by atoms with E-state index in [1.807, 2.05) is 24.3 Å². The van der Waals surface area contributed by atoms with Gasteiger partial charge in [0.25, 0.3) is 0 Å². The number of nitrogen functional groups attached to an aromatic ring is 1. The van der Waals surface area contributed by atoms with E-state index in [4.69, 9.17) is 15.2 Å². The Morgan fingerprint density at radius 2 is 1.35 bits per heavy atom. The van der Waals surface area contributed by atoms with Gasteiger partial charge in [-0.1, -0.05) is 0 Å². The van der Waals surface area contributed by atoms with Gasteiger partial charge in [0.1, 0.15) is 30.8 Å². The molecule has 106 valence electrons. The summed E-state index contributed by atoms with van der Waals surface area (Å²) in [6.07, 6.45) is -0.688. The van der Waals surface area contributed by atoms with Gasteiger partial charge in [0.15, 0.2) is 0 Å². The largest absolute Gasteiger partial charge is 0.491 e. The maximum Gasteiger partial charge on any atom is 0.122 e. The summed E-state index contributed by atoms with van der Waals surface area (Å²) in [5.41, 5.74) is 6.26. The third kappa shape index (κ3) is 4.90. The van der Waals surface area contributed by atoms with Crippen molar-refractivity contribution in [2.45, 2.75) is 6.10 Å². The molecule has 1 unspecified atom stereocenters. The van der Waals surface area contributed by atoms with Crippen LogP contribution >= 0.6 is 22.6 Å². The molecule has 0 aromatic heterocycles. The van der Waals surface area contributed by atoms with Gasteiger partial charge < -0.3 is 20.3 Å². The molecule has 2 aromatic rings. The first-order chi connectivity index (χ1) is 9.63. The summed E-state index contributed by atoms with van der Waals surface area (Å²) in [4.78, 5) is 0. The maximum absolute atomic E-state index is 9.80. The molecule has 0 radical (unpaired) electrons. The SMILES string of the molecule is Nc1ccc(OCC(O)COc2ccc(I)cc2)cc1. The highest BCUT2D eigenvalue weighted by molar-refractivity contribution is 14.1. The molecule has 0 aliphatic rings. The Morgan fingerprint density at radius 3 is 1.85 bits per heavy atom. The molecule has 2 rings (SSSR count). The predicted octanol–water partition coefficient (Wildman–Crippen LogP) is 2.69. The number of hydrogen-bond donors (Lipinski definition) is 2. The lowest BCUT2D eigenvalue weighted by Gasteiger charge is -2.13. The van der Waals surface area contributed by atoms with Crippen LogP contribution in [0.3, 0.4) is 0 Å². The summed E-state index contributed by atoms with van der Waals surface area (Å²) < 4.78 is 12.1. The lowest BCUT2D eigenvalue weighted by molar-refractivity contribution is 0.0626. The molecule has 4 nitrogen and oxygen atoms in total. The van der Waals surface area contributed by atoms with Gasteiger partial charge >= 0.3 is 0 Å². The van der Waals surface area contributed by atoms with Crippen molar-refractivity contribution in [2.24, 2.45) is 0 Å². The van der Waals surface area contributed by atoms with Gasteiger partial charge in [-0.15, -0.1) is 0 Å². The second-order valence-electron chi connectivity index (χ2n) is 4.30. The average Bonchev–Trinajstić information content (AvgIpc) is 2.46. The van der Waals surface area contributed by atoms with E-state index in [9.17, 15) is 5.11 Å². The van der Waals surface area contributed by atoms with E-state index in [-0.39, 0.29) is 13.2 Å². The standard InChI is InChI=1S/C15H16INO3/c16-11-1-5-14(6-2-11)19-9-13(18)10-20-15-7-3-12(17)4-8-15/h1-8,13,18H,9-10,17H2. The molecule has 5 heteroatoms. The molecule has 3 N–H and O–H groups in total. The summed E-state index contributed by atoms with van der Waals surface area (Å²) >= 11 is 2.23. The minimum atomic E-state index is -0.688. The minimum absolute atomic E-state index is 0.175. The molecule has 0 saturated carbocycles. The number of hydrogen-bond acceptors (Lipinski definition) is 4. The number of benzene rings is 2. The van der Waals surface area contributed by atoms with Crippen molar-refractivity contribution in [2.75, 3.05) is 18.9 Å². The normalized spacial score (nSPS) is 11.9. The Bertz CT molecular complexity index is 478. The van der Waals surface area contributed by atoms with E-state index in [0.29, 0.717) is 11.4 Å². The van der Waals surface area contributed by atoms with Gasteiger partial charge in [-0.3, -0.25) is 0 Å². The van der Waals surface area contributed by atoms with Crippen LogP contribution in [0, 0.1) is 3.57 Å². The van der Waals surface area contributed by atoms with Crippen molar-refractivity contribution in [3.63, 3.8) is 0 Å². The van der Waals surface area contributed by atoms with Crippen LogP contribution in [0.2, 0.25) is 0 Å². The van der Waals surface area contributed by atoms with Crippen molar-refractivity contribution >= 4 is 28.3 Å². The van der Waals surface area contributed by atoms with E-state index in [0.717, 1.165) is 9.32 Å². The van der Waals surface area contributed by atoms with Crippen molar-refractivity contribution in [3.8, 4) is 11.5 Å². The lowest BCUT2D eigenvalue weighted by Crippen LogP contribution is -2.25. The Morgan fingerprint density at radius 1 is 0.900 bits per heavy atom. The molecule has 0 bridgehead atoms. The molecule has 0 aliphatic carbocycles. The molecule has 0 aliphatic heterocycles. The second-order valence-corrected chi connectivity index (χ2v) is 5.54. The van der Waals surface area contributed by atoms with Gasteiger partial charge in [-0.2, -0.15) is 0 Å². The highest BCUT2D eigenvalue weighted by Gasteiger charge is 2.06. The summed E-state index contributed by atoms with van der Waals surface area (Å²) in [6.45, 7) is 0.365. The number of ether oxygens (including phenoxy) is 2. The maximum atomic E-state index is 9.80. The predicted molar refractivity (Wildman–Crippen MR) is 87.0 cm³/mol. The average molecular weight is 385 g/mol. The molecule has 2 aromatic carbocycles. The van der Waals surface area contributed by atoms with Crippen molar-refractivity contribution in [1.82, 2.24) is 0 Å². The first kappa shape index (κ1) is 14.9. The molecular weight excluding hydrogens is 369 g/mol. The van der Waals surface area contributed by atoms with Crippen LogP contribution in [0.4, 0.5) is 5.69 Å². The fraction of sp³-hybridized carbons (Fsp3) is 0.200. The number of anilines is 1. The molecule has 0 amide bonds. The molecule has 0 fully saturated rings. The first-order valence-electron chi connectivity index (χ1n) is 6.18. The van der Waals surface area contributed by atoms with Gasteiger partial charge in [0.2, 0.25) is 0 Å². The van der Waals surface area contributed by atoms with Gasteiger partial charge in [0, 0.05) is 9.26 Å². The fourth-order valence-corrected chi connectivity index (χ4v) is 1.89. The minimum Gasteiger partial charge on any atom is -0.491 e. The van der Waals surface area contributed by atoms with Gasteiger partial charge in [0.05, 0.1) is 0 Å². The van der Waals surface area contributed by atoms with E-state index >= 15 is 0 Å². The zero-order valence-corrected chi connectivity index (χ0v) is 13.0. The van der Waals surface area contributed by atoms with Gasteiger partial charge in [-0.25, -0.2) is 0 Å². The van der Waals surface area contributed by atoms with E-state index < -0.39 is 6.10 Å². The smallest absolute Gasteiger partial charge is 0.122 e. The molecule has 20 heavy (non-hydrogen) atoms. The third-order valence-electron chi connectivity index (χ3n) is 2.58. The van der Waals surface area contributed by atoms with Crippen molar-refractivity contribution in [3.05, 3.63) is 52.1 Å². The number of halogens is 1. The highest BCUT2D eigenvalue weighted by Crippen LogP contribution is 2.15. The zero-order chi connectivity index (χ0) is 14.4. The van der Waals surface area contributed by atoms with Crippen LogP contribution in [-0.2, 0) is 0 Å². The molecule has 0 saturated heterocycles. The Labute approximate surface area is 131 Å². The third-order valence-corrected chi connectivity index (χ3v) is 3.30. The lowest BCUT2D eigenvalue weighted by atomic mass is 10.3. The molecule has 1 atom stereocenters. The summed E-state index contributed by atoms with van der Waals surface area (Å²) in [7, 11) is 0. The van der Waals surface area contributed by atoms with Crippen molar-refractivity contribution in [1.29, 1.82) is 0 Å². The van der Waals surface area contributed by atoms with Crippen LogP contribution < -0.4 is 15.2 Å². The number of rotatable bonds is 6. The molecular formula is C15H16INO3. The van der Waals surface area contributed by atoms with Crippen LogP contribution in [0.1, 0.15) is 0 Å². The highest BCUT2D eigenvalue weighted by atomic mass is 127. The topological polar surface area (TPSA) is 64.7 Å². The zero-order valence-electron chi connectivity index (χ0n) is 10.8. The number of aliphatic hydroxyl groups excluding tert-OH is 1. The van der Waals surface area contributed by atoms with Gasteiger partial charge in [-0.05, 0) is 71.1 Å². The second kappa shape index (κ2) is 7.35. The number of aliphatic hydroxyl groups is 1. The number of nitrogens with two attached hydrogens (primary N) is 1. The molecule has 0 heterocycles. The fourth-order valence-electron chi connectivity index (χ4n) is 1.53. The quantitative estimate of drug-likeness (QED) is 0.593.